The minimum absolute atomic E-state index is 0.0605. The summed E-state index contributed by atoms with van der Waals surface area (Å²) in [4.78, 5) is 31.6. The summed E-state index contributed by atoms with van der Waals surface area (Å²) >= 11 is 4.97. The molecule has 118 valence electrons. The normalized spacial score (nSPS) is 12.6. The van der Waals surface area contributed by atoms with Gasteiger partial charge in [0.2, 0.25) is 0 Å². The second kappa shape index (κ2) is 6.44. The van der Waals surface area contributed by atoms with Crippen LogP contribution < -0.4 is 5.56 Å². The van der Waals surface area contributed by atoms with Crippen LogP contribution in [0, 0.1) is 10.7 Å². The molecule has 2 aromatic rings. The quantitative estimate of drug-likeness (QED) is 0.851. The molecule has 2 N–H and O–H groups in total. The second-order valence-electron chi connectivity index (χ2n) is 6.06. The van der Waals surface area contributed by atoms with Crippen LogP contribution in [0.15, 0.2) is 23.0 Å². The van der Waals surface area contributed by atoms with Gasteiger partial charge >= 0.3 is 0 Å². The average molecular weight is 319 g/mol. The van der Waals surface area contributed by atoms with E-state index in [2.05, 4.69) is 23.8 Å². The molecule has 0 spiro atoms. The Bertz CT molecular complexity index is 807. The number of amides is 1. The largest absolute Gasteiger partial charge is 0.339 e. The molecule has 22 heavy (non-hydrogen) atoms. The van der Waals surface area contributed by atoms with Gasteiger partial charge in [-0.2, -0.15) is 0 Å². The maximum Gasteiger partial charge on any atom is 0.259 e. The third kappa shape index (κ3) is 3.44. The minimum Gasteiger partial charge on any atom is -0.339 e. The fourth-order valence-corrected chi connectivity index (χ4v) is 2.75. The van der Waals surface area contributed by atoms with Crippen molar-refractivity contribution < 1.29 is 4.79 Å². The Kier molecular flexibility index (Phi) is 4.81. The van der Waals surface area contributed by atoms with E-state index in [4.69, 9.17) is 12.2 Å². The fourth-order valence-electron chi connectivity index (χ4n) is 2.55. The van der Waals surface area contributed by atoms with E-state index in [1.807, 2.05) is 6.92 Å². The number of benzene rings is 1. The van der Waals surface area contributed by atoms with Crippen LogP contribution in [0.3, 0.4) is 0 Å². The molecule has 0 aliphatic rings. The molecule has 0 unspecified atom stereocenters. The van der Waals surface area contributed by atoms with Crippen molar-refractivity contribution in [2.75, 3.05) is 7.05 Å². The van der Waals surface area contributed by atoms with Crippen molar-refractivity contribution in [3.8, 4) is 0 Å². The van der Waals surface area contributed by atoms with E-state index in [0.29, 0.717) is 22.4 Å². The Balaban J connectivity index is 2.36. The van der Waals surface area contributed by atoms with Crippen molar-refractivity contribution in [1.29, 1.82) is 0 Å². The molecular formula is C16H21N3O2S. The van der Waals surface area contributed by atoms with Gasteiger partial charge in [-0.15, -0.1) is 0 Å². The zero-order valence-corrected chi connectivity index (χ0v) is 14.1. The number of aromatic amines is 2. The first-order valence-electron chi connectivity index (χ1n) is 7.33. The van der Waals surface area contributed by atoms with E-state index in [9.17, 15) is 9.59 Å². The Morgan fingerprint density at radius 3 is 2.59 bits per heavy atom. The zero-order valence-electron chi connectivity index (χ0n) is 13.3. The molecule has 1 atom stereocenters. The van der Waals surface area contributed by atoms with Crippen molar-refractivity contribution >= 4 is 29.0 Å². The van der Waals surface area contributed by atoms with Gasteiger partial charge in [-0.1, -0.05) is 13.8 Å². The van der Waals surface area contributed by atoms with Crippen LogP contribution >= 0.6 is 12.2 Å². The van der Waals surface area contributed by atoms with Crippen LogP contribution in [0.1, 0.15) is 37.6 Å². The summed E-state index contributed by atoms with van der Waals surface area (Å²) in [5.74, 6) is 0.464. The summed E-state index contributed by atoms with van der Waals surface area (Å²) in [5, 5.41) is 0.489. The van der Waals surface area contributed by atoms with Gasteiger partial charge in [0.25, 0.3) is 11.5 Å². The second-order valence-corrected chi connectivity index (χ2v) is 6.47. The Morgan fingerprint density at radius 1 is 1.27 bits per heavy atom. The molecule has 0 radical (unpaired) electrons. The highest BCUT2D eigenvalue weighted by atomic mass is 32.1. The van der Waals surface area contributed by atoms with Gasteiger partial charge in [0.05, 0.1) is 10.9 Å². The Morgan fingerprint density at radius 2 is 1.95 bits per heavy atom. The Labute approximate surface area is 134 Å². The van der Waals surface area contributed by atoms with Crippen molar-refractivity contribution in [3.63, 3.8) is 0 Å². The molecule has 1 heterocycles. The number of aromatic nitrogens is 2. The van der Waals surface area contributed by atoms with Crippen LogP contribution in [0.25, 0.3) is 10.9 Å². The molecule has 0 saturated heterocycles. The summed E-state index contributed by atoms with van der Waals surface area (Å²) in [6, 6.07) is 5.16. The maximum absolute atomic E-state index is 12.6. The molecule has 0 aliphatic heterocycles. The highest BCUT2D eigenvalue weighted by Gasteiger charge is 2.18. The lowest BCUT2D eigenvalue weighted by Gasteiger charge is -2.26. The number of fused-ring (bicyclic) bond motifs is 1. The SMILES string of the molecule is CC(C)C[C@H](C)N(C)C(=O)c1ccc2c(=O)[nH]c(=S)[nH]c2c1. The van der Waals surface area contributed by atoms with Crippen molar-refractivity contribution in [2.24, 2.45) is 5.92 Å². The topological polar surface area (TPSA) is 69.0 Å². The third-order valence-corrected chi connectivity index (χ3v) is 3.98. The van der Waals surface area contributed by atoms with Crippen molar-refractivity contribution in [2.45, 2.75) is 33.2 Å². The average Bonchev–Trinajstić information content (AvgIpc) is 2.44. The number of carbonyl (C=O) groups excluding carboxylic acids is 1. The summed E-state index contributed by atoms with van der Waals surface area (Å²) in [5.41, 5.74) is 0.866. The first-order valence-corrected chi connectivity index (χ1v) is 7.74. The molecule has 1 aromatic heterocycles. The highest BCUT2D eigenvalue weighted by molar-refractivity contribution is 7.71. The number of rotatable bonds is 4. The molecule has 0 fully saturated rings. The number of hydrogen-bond acceptors (Lipinski definition) is 3. The standard InChI is InChI=1S/C16H21N3O2S/c1-9(2)7-10(3)19(4)15(21)11-5-6-12-13(8-11)17-16(22)18-14(12)20/h5-6,8-10H,7H2,1-4H3,(H2,17,18,20,22)/t10-/m0/s1. The molecule has 0 aliphatic carbocycles. The lowest BCUT2D eigenvalue weighted by Crippen LogP contribution is -2.35. The lowest BCUT2D eigenvalue weighted by molar-refractivity contribution is 0.0728. The fraction of sp³-hybridized carbons (Fsp3) is 0.438. The lowest BCUT2D eigenvalue weighted by atomic mass is 10.0. The molecular weight excluding hydrogens is 298 g/mol. The predicted octanol–water partition coefficient (Wildman–Crippen LogP) is 3.09. The van der Waals surface area contributed by atoms with Crippen LogP contribution in [0.2, 0.25) is 0 Å². The number of hydrogen-bond donors (Lipinski definition) is 2. The molecule has 1 aromatic carbocycles. The molecule has 0 saturated carbocycles. The highest BCUT2D eigenvalue weighted by Crippen LogP contribution is 2.15. The van der Waals surface area contributed by atoms with Gasteiger partial charge in [-0.25, -0.2) is 0 Å². The maximum atomic E-state index is 12.6. The minimum atomic E-state index is -0.251. The zero-order chi connectivity index (χ0) is 16.4. The van der Waals surface area contributed by atoms with Gasteiger partial charge in [-0.3, -0.25) is 14.6 Å². The summed E-state index contributed by atoms with van der Waals surface area (Å²) < 4.78 is 0.253. The van der Waals surface area contributed by atoms with Crippen molar-refractivity contribution in [3.05, 3.63) is 38.9 Å². The van der Waals surface area contributed by atoms with Crippen LogP contribution in [0.4, 0.5) is 0 Å². The van der Waals surface area contributed by atoms with E-state index in [-0.39, 0.29) is 22.3 Å². The van der Waals surface area contributed by atoms with E-state index in [1.165, 1.54) is 0 Å². The first-order chi connectivity index (χ1) is 10.3. The molecule has 2 rings (SSSR count). The van der Waals surface area contributed by atoms with Gasteiger partial charge in [0, 0.05) is 18.7 Å². The van der Waals surface area contributed by atoms with Gasteiger partial charge in [0.15, 0.2) is 4.77 Å². The van der Waals surface area contributed by atoms with Gasteiger partial charge in [0.1, 0.15) is 0 Å². The molecule has 5 nitrogen and oxygen atoms in total. The number of nitrogens with one attached hydrogen (secondary N) is 2. The monoisotopic (exact) mass is 319 g/mol. The number of carbonyl (C=O) groups is 1. The first kappa shape index (κ1) is 16.4. The number of H-pyrrole nitrogens is 2. The van der Waals surface area contributed by atoms with Crippen LogP contribution in [-0.4, -0.2) is 33.9 Å². The molecule has 1 amide bonds. The number of nitrogens with zero attached hydrogens (tertiary/aromatic N) is 1. The summed E-state index contributed by atoms with van der Waals surface area (Å²) in [6.07, 6.45) is 0.942. The van der Waals surface area contributed by atoms with Crippen LogP contribution in [0.5, 0.6) is 0 Å². The van der Waals surface area contributed by atoms with Crippen LogP contribution in [-0.2, 0) is 0 Å². The van der Waals surface area contributed by atoms with E-state index >= 15 is 0 Å². The van der Waals surface area contributed by atoms with E-state index in [1.54, 1.807) is 30.1 Å². The van der Waals surface area contributed by atoms with Crippen molar-refractivity contribution in [1.82, 2.24) is 14.9 Å². The Hall–Kier alpha value is -1.95. The van der Waals surface area contributed by atoms with Gasteiger partial charge < -0.3 is 9.88 Å². The molecule has 6 heteroatoms. The summed E-state index contributed by atoms with van der Waals surface area (Å²) in [7, 11) is 1.81. The van der Waals surface area contributed by atoms with E-state index in [0.717, 1.165) is 6.42 Å². The molecule has 0 bridgehead atoms. The smallest absolute Gasteiger partial charge is 0.259 e. The predicted molar refractivity (Wildman–Crippen MR) is 90.8 cm³/mol. The third-order valence-electron chi connectivity index (χ3n) is 3.78. The summed E-state index contributed by atoms with van der Waals surface area (Å²) in [6.45, 7) is 6.31. The van der Waals surface area contributed by atoms with Gasteiger partial charge in [-0.05, 0) is 49.7 Å². The van der Waals surface area contributed by atoms with E-state index < -0.39 is 0 Å².